The molecule has 0 bridgehead atoms. The Morgan fingerprint density at radius 2 is 1.89 bits per heavy atom. The number of oxime groups is 1. The topological polar surface area (TPSA) is 97.4 Å². The fraction of sp³-hybridized carbons (Fsp3) is 0.619. The molecule has 0 radical (unpaired) electrons. The molecule has 0 spiro atoms. The predicted molar refractivity (Wildman–Crippen MR) is 108 cm³/mol. The second-order valence-corrected chi connectivity index (χ2v) is 8.50. The normalized spacial score (nSPS) is 23.3. The molecule has 1 fully saturated rings. The van der Waals surface area contributed by atoms with E-state index in [1.807, 2.05) is 51.1 Å². The van der Waals surface area contributed by atoms with E-state index in [1.165, 1.54) is 4.90 Å². The van der Waals surface area contributed by atoms with Crippen molar-refractivity contribution in [1.82, 2.24) is 4.90 Å². The molecular weight excluding hydrogens is 358 g/mol. The lowest BCUT2D eigenvalue weighted by Gasteiger charge is -2.45. The van der Waals surface area contributed by atoms with E-state index in [4.69, 9.17) is 15.2 Å². The van der Waals surface area contributed by atoms with E-state index in [2.05, 4.69) is 5.16 Å². The molecule has 3 N–H and O–H groups in total. The molecule has 1 aliphatic carbocycles. The number of amides is 1. The van der Waals surface area contributed by atoms with Crippen LogP contribution in [0.1, 0.15) is 52.0 Å². The van der Waals surface area contributed by atoms with Gasteiger partial charge in [-0.2, -0.15) is 0 Å². The van der Waals surface area contributed by atoms with Crippen LogP contribution in [0.4, 0.5) is 4.79 Å². The number of hydrogen-bond donors (Lipinski definition) is 2. The van der Waals surface area contributed by atoms with Gasteiger partial charge in [0.15, 0.2) is 5.84 Å². The molecule has 2 rings (SSSR count). The van der Waals surface area contributed by atoms with Crippen molar-refractivity contribution in [2.24, 2.45) is 16.8 Å². The van der Waals surface area contributed by atoms with E-state index in [-0.39, 0.29) is 5.84 Å². The summed E-state index contributed by atoms with van der Waals surface area (Å²) in [5.41, 5.74) is 5.72. The van der Waals surface area contributed by atoms with E-state index in [0.717, 1.165) is 18.4 Å². The maximum Gasteiger partial charge on any atom is 0.410 e. The number of carbonyl (C=O) groups excluding carboxylic acids is 1. The van der Waals surface area contributed by atoms with Crippen molar-refractivity contribution in [1.29, 1.82) is 0 Å². The predicted octanol–water partition coefficient (Wildman–Crippen LogP) is 3.75. The van der Waals surface area contributed by atoms with Gasteiger partial charge in [-0.15, -0.1) is 0 Å². The van der Waals surface area contributed by atoms with E-state index < -0.39 is 17.2 Å². The van der Waals surface area contributed by atoms with Gasteiger partial charge in [-0.05, 0) is 57.9 Å². The van der Waals surface area contributed by atoms with Gasteiger partial charge in [0, 0.05) is 13.7 Å². The zero-order valence-corrected chi connectivity index (χ0v) is 17.4. The van der Waals surface area contributed by atoms with Crippen LogP contribution < -0.4 is 5.73 Å². The van der Waals surface area contributed by atoms with E-state index in [0.29, 0.717) is 32.0 Å². The highest BCUT2D eigenvalue weighted by atomic mass is 16.6. The highest BCUT2D eigenvalue weighted by molar-refractivity contribution is 5.92. The Morgan fingerprint density at radius 3 is 2.43 bits per heavy atom. The van der Waals surface area contributed by atoms with Gasteiger partial charge in [0.25, 0.3) is 0 Å². The number of amidine groups is 1. The van der Waals surface area contributed by atoms with Gasteiger partial charge in [-0.1, -0.05) is 35.5 Å². The quantitative estimate of drug-likeness (QED) is 0.333. The summed E-state index contributed by atoms with van der Waals surface area (Å²) in [7, 11) is 1.65. The standard InChI is InChI=1S/C21H33N3O4/c1-20(2,3)28-19(25)24(4)21(18(22)23-26)12-10-17(11-13-21)15-27-14-16-8-6-5-7-9-16/h5-9,17,26H,10-15H2,1-4H3,(H2,22,23). The molecule has 7 heteroatoms. The summed E-state index contributed by atoms with van der Waals surface area (Å²) in [6.07, 6.45) is 2.35. The van der Waals surface area contributed by atoms with Crippen LogP contribution in [0, 0.1) is 5.92 Å². The summed E-state index contributed by atoms with van der Waals surface area (Å²) in [5.74, 6) is 0.417. The van der Waals surface area contributed by atoms with Crippen LogP contribution in [-0.2, 0) is 16.1 Å². The smallest absolute Gasteiger partial charge is 0.410 e. The van der Waals surface area contributed by atoms with Gasteiger partial charge in [-0.3, -0.25) is 4.90 Å². The molecule has 28 heavy (non-hydrogen) atoms. The van der Waals surface area contributed by atoms with Crippen molar-refractivity contribution in [2.75, 3.05) is 13.7 Å². The minimum Gasteiger partial charge on any atom is -0.444 e. The van der Waals surface area contributed by atoms with Crippen molar-refractivity contribution < 1.29 is 19.5 Å². The molecule has 1 aromatic carbocycles. The Bertz CT molecular complexity index is 662. The second-order valence-electron chi connectivity index (χ2n) is 8.50. The van der Waals surface area contributed by atoms with Gasteiger partial charge in [-0.25, -0.2) is 4.79 Å². The first-order valence-electron chi connectivity index (χ1n) is 9.74. The number of ether oxygens (including phenoxy) is 2. The van der Waals surface area contributed by atoms with Crippen molar-refractivity contribution in [3.05, 3.63) is 35.9 Å². The summed E-state index contributed by atoms with van der Waals surface area (Å²) in [4.78, 5) is 14.1. The van der Waals surface area contributed by atoms with Crippen LogP contribution in [0.3, 0.4) is 0 Å². The average molecular weight is 392 g/mol. The number of rotatable bonds is 6. The third kappa shape index (κ3) is 5.61. The fourth-order valence-electron chi connectivity index (χ4n) is 3.60. The lowest BCUT2D eigenvalue weighted by Crippen LogP contribution is -2.60. The summed E-state index contributed by atoms with van der Waals surface area (Å²) < 4.78 is 11.4. The molecule has 0 aliphatic heterocycles. The minimum atomic E-state index is -0.840. The van der Waals surface area contributed by atoms with Gasteiger partial charge in [0.05, 0.1) is 6.61 Å². The summed E-state index contributed by atoms with van der Waals surface area (Å²) >= 11 is 0. The molecule has 0 aromatic heterocycles. The molecule has 7 nitrogen and oxygen atoms in total. The molecular formula is C21H33N3O4. The molecule has 0 heterocycles. The first-order chi connectivity index (χ1) is 13.2. The molecule has 0 atom stereocenters. The Morgan fingerprint density at radius 1 is 1.29 bits per heavy atom. The maximum absolute atomic E-state index is 12.6. The number of likely N-dealkylation sites (N-methyl/N-ethyl adjacent to an activating group) is 1. The first-order valence-corrected chi connectivity index (χ1v) is 9.74. The number of hydrogen-bond acceptors (Lipinski definition) is 5. The van der Waals surface area contributed by atoms with Crippen LogP contribution in [-0.4, -0.2) is 46.8 Å². The van der Waals surface area contributed by atoms with Gasteiger partial charge >= 0.3 is 6.09 Å². The number of nitrogens with zero attached hydrogens (tertiary/aromatic N) is 2. The minimum absolute atomic E-state index is 0.0458. The third-order valence-electron chi connectivity index (χ3n) is 5.29. The van der Waals surface area contributed by atoms with Gasteiger partial charge in [0.1, 0.15) is 11.1 Å². The van der Waals surface area contributed by atoms with Crippen molar-refractivity contribution in [2.45, 2.75) is 64.2 Å². The largest absolute Gasteiger partial charge is 0.444 e. The zero-order chi connectivity index (χ0) is 20.8. The number of benzene rings is 1. The summed E-state index contributed by atoms with van der Waals surface area (Å²) in [5, 5.41) is 12.5. The van der Waals surface area contributed by atoms with Crippen LogP contribution in [0.15, 0.2) is 35.5 Å². The fourth-order valence-corrected chi connectivity index (χ4v) is 3.60. The van der Waals surface area contributed by atoms with Crippen molar-refractivity contribution in [3.8, 4) is 0 Å². The second kappa shape index (κ2) is 9.28. The molecule has 0 unspecified atom stereocenters. The Hall–Kier alpha value is -2.28. The summed E-state index contributed by atoms with van der Waals surface area (Å²) in [6, 6.07) is 10.1. The first kappa shape index (κ1) is 22.0. The molecule has 1 aliphatic rings. The molecule has 0 saturated heterocycles. The lowest BCUT2D eigenvalue weighted by molar-refractivity contribution is 0.00169. The summed E-state index contributed by atoms with van der Waals surface area (Å²) in [6.45, 7) is 6.68. The zero-order valence-electron chi connectivity index (χ0n) is 17.4. The van der Waals surface area contributed by atoms with Crippen LogP contribution in [0.2, 0.25) is 0 Å². The molecule has 1 saturated carbocycles. The highest BCUT2D eigenvalue weighted by Crippen LogP contribution is 2.37. The SMILES string of the molecule is CN(C(=O)OC(C)(C)C)C1(C(N)=NO)CCC(COCc2ccccc2)CC1. The van der Waals surface area contributed by atoms with Gasteiger partial charge in [0.2, 0.25) is 0 Å². The molecule has 156 valence electrons. The average Bonchev–Trinajstić information content (AvgIpc) is 2.67. The van der Waals surface area contributed by atoms with Crippen molar-refractivity contribution >= 4 is 11.9 Å². The van der Waals surface area contributed by atoms with E-state index >= 15 is 0 Å². The monoisotopic (exact) mass is 391 g/mol. The van der Waals surface area contributed by atoms with E-state index in [1.54, 1.807) is 7.05 Å². The lowest BCUT2D eigenvalue weighted by atomic mass is 9.75. The van der Waals surface area contributed by atoms with Crippen molar-refractivity contribution in [3.63, 3.8) is 0 Å². The Labute approximate surface area is 167 Å². The number of carbonyl (C=O) groups is 1. The van der Waals surface area contributed by atoms with Crippen LogP contribution >= 0.6 is 0 Å². The number of nitrogens with two attached hydrogens (primary N) is 1. The van der Waals surface area contributed by atoms with E-state index in [9.17, 15) is 10.0 Å². The Kier molecular flexibility index (Phi) is 7.29. The van der Waals surface area contributed by atoms with Gasteiger partial charge < -0.3 is 20.4 Å². The van der Waals surface area contributed by atoms with Crippen LogP contribution in [0.5, 0.6) is 0 Å². The van der Waals surface area contributed by atoms with Crippen LogP contribution in [0.25, 0.3) is 0 Å². The molecule has 1 aromatic rings. The highest BCUT2D eigenvalue weighted by Gasteiger charge is 2.46. The Balaban J connectivity index is 1.96. The molecule has 1 amide bonds. The maximum atomic E-state index is 12.6. The third-order valence-corrected chi connectivity index (χ3v) is 5.29.